The second kappa shape index (κ2) is 8.91. The van der Waals surface area contributed by atoms with Gasteiger partial charge in [0, 0.05) is 23.1 Å². The minimum atomic E-state index is -3.74. The number of hydrogen-bond donors (Lipinski definition) is 4. The molecule has 170 valence electrons. The van der Waals surface area contributed by atoms with Crippen LogP contribution in [0.4, 0.5) is 28.7 Å². The number of nitrogens with one attached hydrogen (secondary N) is 4. The topological polar surface area (TPSA) is 125 Å². The molecule has 2 aromatic heterocycles. The SMILES string of the molecule is Cc1ccc(Nc2cc(Nc3ccc(NS(=O)(=O)c4c(C)n[nH]c4C)cc3)nc(C)n2)cc1. The Bertz CT molecular complexity index is 1360. The summed E-state index contributed by atoms with van der Waals surface area (Å²) in [5.74, 6) is 1.91. The Labute approximate surface area is 192 Å². The summed E-state index contributed by atoms with van der Waals surface area (Å²) in [6.07, 6.45) is 0. The van der Waals surface area contributed by atoms with Gasteiger partial charge in [0.15, 0.2) is 0 Å². The van der Waals surface area contributed by atoms with Gasteiger partial charge in [-0.1, -0.05) is 17.7 Å². The van der Waals surface area contributed by atoms with E-state index >= 15 is 0 Å². The Morgan fingerprint density at radius 2 is 1.27 bits per heavy atom. The lowest BCUT2D eigenvalue weighted by Crippen LogP contribution is -2.14. The van der Waals surface area contributed by atoms with Crippen molar-refractivity contribution in [1.29, 1.82) is 0 Å². The number of rotatable bonds is 7. The summed E-state index contributed by atoms with van der Waals surface area (Å²) in [6, 6.07) is 16.8. The third kappa shape index (κ3) is 5.29. The molecule has 0 fully saturated rings. The highest BCUT2D eigenvalue weighted by molar-refractivity contribution is 7.92. The van der Waals surface area contributed by atoms with Gasteiger partial charge in [-0.15, -0.1) is 0 Å². The van der Waals surface area contributed by atoms with E-state index in [-0.39, 0.29) is 4.90 Å². The van der Waals surface area contributed by atoms with Crippen LogP contribution >= 0.6 is 0 Å². The molecule has 0 amide bonds. The molecule has 0 saturated carbocycles. The monoisotopic (exact) mass is 463 g/mol. The summed E-state index contributed by atoms with van der Waals surface area (Å²) in [5.41, 5.74) is 4.24. The van der Waals surface area contributed by atoms with Crippen LogP contribution in [0.25, 0.3) is 0 Å². The van der Waals surface area contributed by atoms with Crippen molar-refractivity contribution in [3.63, 3.8) is 0 Å². The highest BCUT2D eigenvalue weighted by atomic mass is 32.2. The molecule has 4 aromatic rings. The van der Waals surface area contributed by atoms with Crippen molar-refractivity contribution in [2.75, 3.05) is 15.4 Å². The number of sulfonamides is 1. The Kier molecular flexibility index (Phi) is 6.01. The predicted octanol–water partition coefficient (Wildman–Crippen LogP) is 4.72. The van der Waals surface area contributed by atoms with Crippen LogP contribution in [-0.2, 0) is 10.0 Å². The standard InChI is InChI=1S/C23H25N7O2S/c1-14-5-7-18(8-6-14)26-21-13-22(25-17(4)24-21)27-19-9-11-20(12-10-19)30-33(31,32)23-15(2)28-29-16(23)3/h5-13,30H,1-4H3,(H,28,29)(H2,24,25,26,27). The van der Waals surface area contributed by atoms with E-state index in [1.54, 1.807) is 38.1 Å². The van der Waals surface area contributed by atoms with Gasteiger partial charge in [0.25, 0.3) is 10.0 Å². The zero-order chi connectivity index (χ0) is 23.6. The molecule has 4 N–H and O–H groups in total. The maximum atomic E-state index is 12.7. The molecule has 10 heteroatoms. The summed E-state index contributed by atoms with van der Waals surface area (Å²) in [7, 11) is -3.74. The Morgan fingerprint density at radius 1 is 0.758 bits per heavy atom. The normalized spacial score (nSPS) is 11.3. The van der Waals surface area contributed by atoms with Crippen molar-refractivity contribution in [1.82, 2.24) is 20.2 Å². The van der Waals surface area contributed by atoms with Crippen LogP contribution < -0.4 is 15.4 Å². The minimum Gasteiger partial charge on any atom is -0.340 e. The third-order valence-electron chi connectivity index (χ3n) is 4.90. The smallest absolute Gasteiger partial charge is 0.265 e. The first-order valence-corrected chi connectivity index (χ1v) is 11.8. The number of anilines is 5. The van der Waals surface area contributed by atoms with Gasteiger partial charge in [-0.25, -0.2) is 18.4 Å². The molecule has 0 atom stereocenters. The number of aryl methyl sites for hydroxylation is 4. The van der Waals surface area contributed by atoms with E-state index in [0.717, 1.165) is 11.4 Å². The number of nitrogens with zero attached hydrogens (tertiary/aromatic N) is 3. The molecule has 2 aromatic carbocycles. The molecule has 0 aliphatic carbocycles. The molecule has 0 radical (unpaired) electrons. The average molecular weight is 464 g/mol. The molecule has 0 unspecified atom stereocenters. The second-order valence-corrected chi connectivity index (χ2v) is 9.37. The lowest BCUT2D eigenvalue weighted by molar-refractivity contribution is 0.600. The van der Waals surface area contributed by atoms with Gasteiger partial charge in [-0.2, -0.15) is 5.10 Å². The van der Waals surface area contributed by atoms with Gasteiger partial charge in [0.05, 0.1) is 11.4 Å². The number of aromatic nitrogens is 4. The molecule has 2 heterocycles. The Morgan fingerprint density at radius 3 is 1.79 bits per heavy atom. The van der Waals surface area contributed by atoms with Crippen molar-refractivity contribution < 1.29 is 8.42 Å². The van der Waals surface area contributed by atoms with Crippen LogP contribution in [0.5, 0.6) is 0 Å². The van der Waals surface area contributed by atoms with E-state index in [1.807, 2.05) is 44.2 Å². The molecule has 9 nitrogen and oxygen atoms in total. The van der Waals surface area contributed by atoms with E-state index in [4.69, 9.17) is 0 Å². The van der Waals surface area contributed by atoms with Gasteiger partial charge in [0.2, 0.25) is 0 Å². The fraction of sp³-hybridized carbons (Fsp3) is 0.174. The summed E-state index contributed by atoms with van der Waals surface area (Å²) < 4.78 is 28.0. The highest BCUT2D eigenvalue weighted by Crippen LogP contribution is 2.24. The minimum absolute atomic E-state index is 0.162. The molecule has 0 bridgehead atoms. The first kappa shape index (κ1) is 22.3. The van der Waals surface area contributed by atoms with Crippen LogP contribution in [0.3, 0.4) is 0 Å². The van der Waals surface area contributed by atoms with E-state index in [9.17, 15) is 8.42 Å². The van der Waals surface area contributed by atoms with Crippen molar-refractivity contribution in [3.05, 3.63) is 77.4 Å². The summed E-state index contributed by atoms with van der Waals surface area (Å²) in [4.78, 5) is 9.04. The first-order chi connectivity index (χ1) is 15.7. The molecule has 0 spiro atoms. The fourth-order valence-corrected chi connectivity index (χ4v) is 4.82. The van der Waals surface area contributed by atoms with E-state index < -0.39 is 10.0 Å². The number of H-pyrrole nitrogens is 1. The van der Waals surface area contributed by atoms with Crippen molar-refractivity contribution in [2.24, 2.45) is 0 Å². The number of benzene rings is 2. The van der Waals surface area contributed by atoms with Gasteiger partial charge >= 0.3 is 0 Å². The molecule has 33 heavy (non-hydrogen) atoms. The first-order valence-electron chi connectivity index (χ1n) is 10.3. The maximum absolute atomic E-state index is 12.7. The van der Waals surface area contributed by atoms with Crippen LogP contribution in [0.2, 0.25) is 0 Å². The lowest BCUT2D eigenvalue weighted by atomic mass is 10.2. The number of hydrogen-bond acceptors (Lipinski definition) is 7. The van der Waals surface area contributed by atoms with Gasteiger partial charge in [-0.3, -0.25) is 9.82 Å². The largest absolute Gasteiger partial charge is 0.340 e. The van der Waals surface area contributed by atoms with Crippen molar-refractivity contribution >= 4 is 38.7 Å². The predicted molar refractivity (Wildman–Crippen MR) is 130 cm³/mol. The lowest BCUT2D eigenvalue weighted by Gasteiger charge is -2.12. The quantitative estimate of drug-likeness (QED) is 0.312. The van der Waals surface area contributed by atoms with Crippen LogP contribution in [-0.4, -0.2) is 28.6 Å². The Balaban J connectivity index is 1.48. The molecule has 0 saturated heterocycles. The molecular formula is C23H25N7O2S. The Hall–Kier alpha value is -3.92. The van der Waals surface area contributed by atoms with Gasteiger partial charge < -0.3 is 10.6 Å². The molecule has 0 aliphatic rings. The van der Waals surface area contributed by atoms with Crippen LogP contribution in [0, 0.1) is 27.7 Å². The summed E-state index contributed by atoms with van der Waals surface area (Å²) >= 11 is 0. The molecule has 0 aliphatic heterocycles. The molecule has 4 rings (SSSR count). The fourth-order valence-electron chi connectivity index (χ4n) is 3.39. The van der Waals surface area contributed by atoms with Crippen molar-refractivity contribution in [2.45, 2.75) is 32.6 Å². The zero-order valence-corrected chi connectivity index (χ0v) is 19.6. The molecular weight excluding hydrogens is 438 g/mol. The van der Waals surface area contributed by atoms with Gasteiger partial charge in [-0.05, 0) is 64.1 Å². The second-order valence-electron chi connectivity index (χ2n) is 7.75. The van der Waals surface area contributed by atoms with E-state index in [1.165, 1.54) is 5.56 Å². The average Bonchev–Trinajstić information content (AvgIpc) is 3.09. The highest BCUT2D eigenvalue weighted by Gasteiger charge is 2.22. The maximum Gasteiger partial charge on any atom is 0.265 e. The van der Waals surface area contributed by atoms with Gasteiger partial charge in [0.1, 0.15) is 22.4 Å². The van der Waals surface area contributed by atoms with E-state index in [0.29, 0.717) is 34.5 Å². The summed E-state index contributed by atoms with van der Waals surface area (Å²) in [6.45, 7) is 7.18. The third-order valence-corrected chi connectivity index (χ3v) is 6.54. The van der Waals surface area contributed by atoms with Crippen LogP contribution in [0.1, 0.15) is 22.8 Å². The summed E-state index contributed by atoms with van der Waals surface area (Å²) in [5, 5.41) is 13.2. The zero-order valence-electron chi connectivity index (χ0n) is 18.8. The number of aromatic amines is 1. The van der Waals surface area contributed by atoms with Crippen LogP contribution in [0.15, 0.2) is 59.5 Å². The van der Waals surface area contributed by atoms with Crippen molar-refractivity contribution in [3.8, 4) is 0 Å². The van der Waals surface area contributed by atoms with E-state index in [2.05, 4.69) is 35.5 Å².